The van der Waals surface area contributed by atoms with Gasteiger partial charge >= 0.3 is 5.97 Å². The second-order valence-electron chi connectivity index (χ2n) is 5.22. The zero-order valence-electron chi connectivity index (χ0n) is 12.1. The van der Waals surface area contributed by atoms with Crippen LogP contribution in [0.3, 0.4) is 0 Å². The number of nitrogens with zero attached hydrogens (tertiary/aromatic N) is 2. The van der Waals surface area contributed by atoms with Crippen LogP contribution in [-0.4, -0.2) is 24.0 Å². The smallest absolute Gasteiger partial charge is 0.320 e. The van der Waals surface area contributed by atoms with Gasteiger partial charge in [0.1, 0.15) is 12.6 Å². The summed E-state index contributed by atoms with van der Waals surface area (Å²) in [6, 6.07) is 21.1. The van der Waals surface area contributed by atoms with E-state index in [1.807, 2.05) is 65.6 Å². The van der Waals surface area contributed by atoms with E-state index >= 15 is 0 Å². The highest BCUT2D eigenvalue weighted by Gasteiger charge is 2.35. The van der Waals surface area contributed by atoms with Gasteiger partial charge in [-0.3, -0.25) is 9.69 Å². The Hall–Kier alpha value is -2.64. The van der Waals surface area contributed by atoms with Crippen LogP contribution in [-0.2, 0) is 9.53 Å². The van der Waals surface area contributed by atoms with Gasteiger partial charge in [-0.2, -0.15) is 5.26 Å². The molecule has 1 heterocycles. The summed E-state index contributed by atoms with van der Waals surface area (Å²) in [6.07, 6.45) is 0. The number of nitriles is 1. The maximum absolute atomic E-state index is 11.7. The van der Waals surface area contributed by atoms with E-state index in [1.165, 1.54) is 0 Å². The maximum Gasteiger partial charge on any atom is 0.320 e. The molecule has 1 fully saturated rings. The maximum atomic E-state index is 11.7. The zero-order chi connectivity index (χ0) is 15.4. The molecule has 0 bridgehead atoms. The molecule has 0 radical (unpaired) electrons. The number of benzene rings is 2. The molecule has 4 heteroatoms. The van der Waals surface area contributed by atoms with E-state index in [1.54, 1.807) is 0 Å². The minimum atomic E-state index is -0.473. The second kappa shape index (κ2) is 6.42. The highest BCUT2D eigenvalue weighted by Crippen LogP contribution is 2.32. The molecule has 0 unspecified atom stereocenters. The number of carbonyl (C=O) groups is 1. The first-order chi connectivity index (χ1) is 10.8. The average molecular weight is 292 g/mol. The number of cyclic esters (lactones) is 1. The van der Waals surface area contributed by atoms with Crippen LogP contribution >= 0.6 is 0 Å². The van der Waals surface area contributed by atoms with Crippen LogP contribution in [0.15, 0.2) is 60.7 Å². The minimum Gasteiger partial charge on any atom is -0.463 e. The van der Waals surface area contributed by atoms with Crippen LogP contribution < -0.4 is 0 Å². The van der Waals surface area contributed by atoms with Crippen molar-refractivity contribution >= 4 is 5.97 Å². The first-order valence-electron chi connectivity index (χ1n) is 7.20. The Bertz CT molecular complexity index is 679. The minimum absolute atomic E-state index is 0.108. The molecule has 1 saturated heterocycles. The van der Waals surface area contributed by atoms with E-state index in [2.05, 4.69) is 6.07 Å². The number of carbonyl (C=O) groups excluding carboxylic acids is 1. The molecule has 3 rings (SSSR count). The number of hydrogen-bond donors (Lipinski definition) is 0. The lowest BCUT2D eigenvalue weighted by Crippen LogP contribution is -2.44. The van der Waals surface area contributed by atoms with Gasteiger partial charge in [-0.25, -0.2) is 0 Å². The third-order valence-electron chi connectivity index (χ3n) is 3.87. The predicted molar refractivity (Wildman–Crippen MR) is 81.6 cm³/mol. The van der Waals surface area contributed by atoms with E-state index in [4.69, 9.17) is 4.74 Å². The molecule has 0 aromatic heterocycles. The van der Waals surface area contributed by atoms with E-state index in [9.17, 15) is 10.1 Å². The fourth-order valence-electron chi connectivity index (χ4n) is 2.78. The first-order valence-corrected chi connectivity index (χ1v) is 7.20. The molecule has 2 aromatic rings. The summed E-state index contributed by atoms with van der Waals surface area (Å²) in [6.45, 7) is 0.389. The quantitative estimate of drug-likeness (QED) is 0.816. The molecule has 110 valence electrons. The van der Waals surface area contributed by atoms with Gasteiger partial charge in [0.25, 0.3) is 0 Å². The van der Waals surface area contributed by atoms with Crippen LogP contribution in [0.25, 0.3) is 0 Å². The van der Waals surface area contributed by atoms with Gasteiger partial charge < -0.3 is 4.74 Å². The molecule has 0 N–H and O–H groups in total. The van der Waals surface area contributed by atoms with E-state index in [0.29, 0.717) is 0 Å². The molecule has 2 atom stereocenters. The topological polar surface area (TPSA) is 53.3 Å². The van der Waals surface area contributed by atoms with Gasteiger partial charge in [-0.1, -0.05) is 60.7 Å². The lowest BCUT2D eigenvalue weighted by atomic mass is 9.99. The van der Waals surface area contributed by atoms with Crippen molar-refractivity contribution in [2.24, 2.45) is 0 Å². The summed E-state index contributed by atoms with van der Waals surface area (Å²) in [5.41, 5.74) is 1.94. The molecule has 0 aliphatic carbocycles. The Labute approximate surface area is 129 Å². The number of hydrogen-bond acceptors (Lipinski definition) is 4. The number of ether oxygens (including phenoxy) is 1. The van der Waals surface area contributed by atoms with E-state index in [0.717, 1.165) is 11.1 Å². The molecule has 4 nitrogen and oxygen atoms in total. The Morgan fingerprint density at radius 2 is 1.73 bits per heavy atom. The molecule has 2 aromatic carbocycles. The molecule has 0 saturated carbocycles. The highest BCUT2D eigenvalue weighted by atomic mass is 16.5. The highest BCUT2D eigenvalue weighted by molar-refractivity contribution is 5.72. The van der Waals surface area contributed by atoms with Crippen molar-refractivity contribution in [3.05, 3.63) is 71.8 Å². The molecule has 0 spiro atoms. The summed E-state index contributed by atoms with van der Waals surface area (Å²) in [5, 5.41) is 9.64. The zero-order valence-corrected chi connectivity index (χ0v) is 12.1. The molecular formula is C18H16N2O2. The van der Waals surface area contributed by atoms with Crippen LogP contribution in [0.1, 0.15) is 23.2 Å². The predicted octanol–water partition coefficient (Wildman–Crippen LogP) is 2.85. The fourth-order valence-corrected chi connectivity index (χ4v) is 2.78. The fraction of sp³-hybridized carbons (Fsp3) is 0.222. The lowest BCUT2D eigenvalue weighted by Gasteiger charge is -2.37. The molecule has 1 aliphatic rings. The molecule has 0 amide bonds. The number of morpholine rings is 1. The van der Waals surface area contributed by atoms with Gasteiger partial charge in [-0.15, -0.1) is 0 Å². The third-order valence-corrected chi connectivity index (χ3v) is 3.87. The first kappa shape index (κ1) is 14.3. The largest absolute Gasteiger partial charge is 0.463 e. The summed E-state index contributed by atoms with van der Waals surface area (Å²) in [7, 11) is 0. The standard InChI is InChI=1S/C18H16N2O2/c19-11-16(14-7-3-1-4-8-14)20-12-18(21)22-13-17(20)15-9-5-2-6-10-15/h1-10,16-17H,12-13H2/t16-,17+/m0/s1. The SMILES string of the molecule is N#C[C@@H](c1ccccc1)N1CC(=O)OC[C@@H]1c1ccccc1. The number of rotatable bonds is 3. The Kier molecular flexibility index (Phi) is 4.17. The summed E-state index contributed by atoms with van der Waals surface area (Å²) >= 11 is 0. The van der Waals surface area contributed by atoms with Crippen molar-refractivity contribution in [2.75, 3.05) is 13.2 Å². The Balaban J connectivity index is 1.96. The van der Waals surface area contributed by atoms with Crippen molar-refractivity contribution in [2.45, 2.75) is 12.1 Å². The Morgan fingerprint density at radius 1 is 1.09 bits per heavy atom. The monoisotopic (exact) mass is 292 g/mol. The van der Waals surface area contributed by atoms with E-state index < -0.39 is 6.04 Å². The summed E-state index contributed by atoms with van der Waals surface area (Å²) < 4.78 is 5.22. The molecule has 1 aliphatic heterocycles. The lowest BCUT2D eigenvalue weighted by molar-refractivity contribution is -0.156. The van der Waals surface area contributed by atoms with Crippen molar-refractivity contribution in [1.82, 2.24) is 4.90 Å². The normalized spacial score (nSPS) is 20.0. The van der Waals surface area contributed by atoms with Gasteiger partial charge in [0.05, 0.1) is 18.7 Å². The third kappa shape index (κ3) is 2.85. The van der Waals surface area contributed by atoms with Gasteiger partial charge in [0, 0.05) is 0 Å². The van der Waals surface area contributed by atoms with Gasteiger partial charge in [0.15, 0.2) is 0 Å². The van der Waals surface area contributed by atoms with Crippen molar-refractivity contribution in [1.29, 1.82) is 5.26 Å². The molecular weight excluding hydrogens is 276 g/mol. The average Bonchev–Trinajstić information content (AvgIpc) is 2.57. The van der Waals surface area contributed by atoms with Crippen LogP contribution in [0.5, 0.6) is 0 Å². The summed E-state index contributed by atoms with van der Waals surface area (Å²) in [5.74, 6) is -0.289. The van der Waals surface area contributed by atoms with Crippen LogP contribution in [0, 0.1) is 11.3 Å². The van der Waals surface area contributed by atoms with Gasteiger partial charge in [-0.05, 0) is 11.1 Å². The van der Waals surface area contributed by atoms with Crippen molar-refractivity contribution in [3.8, 4) is 6.07 Å². The van der Waals surface area contributed by atoms with E-state index in [-0.39, 0.29) is 25.2 Å². The second-order valence-corrected chi connectivity index (χ2v) is 5.22. The van der Waals surface area contributed by atoms with Crippen molar-refractivity contribution in [3.63, 3.8) is 0 Å². The van der Waals surface area contributed by atoms with Crippen LogP contribution in [0.4, 0.5) is 0 Å². The van der Waals surface area contributed by atoms with Gasteiger partial charge in [0.2, 0.25) is 0 Å². The van der Waals surface area contributed by atoms with Crippen LogP contribution in [0.2, 0.25) is 0 Å². The van der Waals surface area contributed by atoms with Crippen molar-refractivity contribution < 1.29 is 9.53 Å². The molecule has 22 heavy (non-hydrogen) atoms. The number of esters is 1. The summed E-state index contributed by atoms with van der Waals surface area (Å²) in [4.78, 5) is 13.6. The Morgan fingerprint density at radius 3 is 2.36 bits per heavy atom.